The number of rotatable bonds is 9. The second kappa shape index (κ2) is 9.16. The Morgan fingerprint density at radius 3 is 2.52 bits per heavy atom. The average molecular weight is 313 g/mol. The molecule has 3 N–H and O–H groups in total. The first-order valence-electron chi connectivity index (χ1n) is 8.37. The van der Waals surface area contributed by atoms with Gasteiger partial charge in [-0.1, -0.05) is 37.6 Å². The zero-order valence-electron chi connectivity index (χ0n) is 14.1. The van der Waals surface area contributed by atoms with E-state index >= 15 is 0 Å². The Balaban J connectivity index is 2.01. The topological polar surface area (TPSA) is 60.2 Å². The van der Waals surface area contributed by atoms with Gasteiger partial charge in [0.25, 0.3) is 0 Å². The van der Waals surface area contributed by atoms with Crippen molar-refractivity contribution in [3.05, 3.63) is 53.2 Å². The lowest BCUT2D eigenvalue weighted by Gasteiger charge is -2.09. The van der Waals surface area contributed by atoms with Crippen molar-refractivity contribution >= 4 is 11.5 Å². The number of nitrogens with two attached hydrogens (primary N) is 1. The molecule has 1 heterocycles. The summed E-state index contributed by atoms with van der Waals surface area (Å²) in [5, 5.41) is 3.41. The minimum absolute atomic E-state index is 0.564. The molecule has 4 heteroatoms. The molecule has 0 saturated carbocycles. The zero-order valence-corrected chi connectivity index (χ0v) is 14.1. The van der Waals surface area contributed by atoms with Crippen molar-refractivity contribution in [2.75, 3.05) is 24.2 Å². The van der Waals surface area contributed by atoms with Crippen LogP contribution in [0.5, 0.6) is 0 Å². The van der Waals surface area contributed by atoms with Crippen LogP contribution >= 0.6 is 0 Å². The number of nitrogen functional groups attached to an aromatic ring is 1. The molecule has 1 aromatic heterocycles. The Hall–Kier alpha value is -2.07. The van der Waals surface area contributed by atoms with Crippen molar-refractivity contribution in [2.45, 2.75) is 39.7 Å². The first-order valence-corrected chi connectivity index (χ1v) is 8.37. The van der Waals surface area contributed by atoms with Crippen LogP contribution in [0.25, 0.3) is 0 Å². The van der Waals surface area contributed by atoms with Crippen molar-refractivity contribution in [2.24, 2.45) is 0 Å². The SMILES string of the molecule is CCCCNc1cc(N)nc(Cc2ccc(COCC)cc2)c1. The van der Waals surface area contributed by atoms with Gasteiger partial charge in [0.15, 0.2) is 0 Å². The first kappa shape index (κ1) is 17.3. The van der Waals surface area contributed by atoms with E-state index in [9.17, 15) is 0 Å². The molecule has 0 unspecified atom stereocenters. The summed E-state index contributed by atoms with van der Waals surface area (Å²) in [5.74, 6) is 0.564. The van der Waals surface area contributed by atoms with Crippen LogP contribution in [-0.2, 0) is 17.8 Å². The van der Waals surface area contributed by atoms with Gasteiger partial charge in [0.1, 0.15) is 5.82 Å². The molecule has 0 amide bonds. The summed E-state index contributed by atoms with van der Waals surface area (Å²) in [6.07, 6.45) is 3.11. The number of anilines is 2. The molecular weight excluding hydrogens is 286 g/mol. The highest BCUT2D eigenvalue weighted by atomic mass is 16.5. The minimum atomic E-state index is 0.564. The van der Waals surface area contributed by atoms with E-state index in [1.807, 2.05) is 13.0 Å². The highest BCUT2D eigenvalue weighted by Crippen LogP contribution is 2.17. The lowest BCUT2D eigenvalue weighted by Crippen LogP contribution is -2.04. The molecule has 0 aliphatic carbocycles. The summed E-state index contributed by atoms with van der Waals surface area (Å²) < 4.78 is 5.42. The van der Waals surface area contributed by atoms with Gasteiger partial charge in [-0.2, -0.15) is 0 Å². The van der Waals surface area contributed by atoms with Crippen molar-refractivity contribution in [1.29, 1.82) is 0 Å². The van der Waals surface area contributed by atoms with Gasteiger partial charge in [-0.15, -0.1) is 0 Å². The van der Waals surface area contributed by atoms with Crippen molar-refractivity contribution in [3.8, 4) is 0 Å². The fourth-order valence-corrected chi connectivity index (χ4v) is 2.40. The maximum absolute atomic E-state index is 5.93. The van der Waals surface area contributed by atoms with Gasteiger partial charge >= 0.3 is 0 Å². The number of aromatic nitrogens is 1. The molecule has 124 valence electrons. The molecule has 0 spiro atoms. The maximum Gasteiger partial charge on any atom is 0.125 e. The third kappa shape index (κ3) is 5.91. The van der Waals surface area contributed by atoms with Crippen LogP contribution in [0.1, 0.15) is 43.5 Å². The molecular formula is C19H27N3O. The predicted octanol–water partition coefficient (Wildman–Crippen LogP) is 4.00. The summed E-state index contributed by atoms with van der Waals surface area (Å²) in [4.78, 5) is 4.44. The molecule has 23 heavy (non-hydrogen) atoms. The monoisotopic (exact) mass is 313 g/mol. The lowest BCUT2D eigenvalue weighted by atomic mass is 10.1. The summed E-state index contributed by atoms with van der Waals surface area (Å²) in [5.41, 5.74) is 10.4. The fourth-order valence-electron chi connectivity index (χ4n) is 2.40. The first-order chi connectivity index (χ1) is 11.2. The van der Waals surface area contributed by atoms with Gasteiger partial charge in [-0.25, -0.2) is 4.98 Å². The second-order valence-electron chi connectivity index (χ2n) is 5.68. The van der Waals surface area contributed by atoms with Crippen LogP contribution in [0.15, 0.2) is 36.4 Å². The number of unbranched alkanes of at least 4 members (excludes halogenated alkanes) is 1. The third-order valence-electron chi connectivity index (χ3n) is 3.64. The van der Waals surface area contributed by atoms with E-state index in [-0.39, 0.29) is 0 Å². The smallest absolute Gasteiger partial charge is 0.125 e. The molecule has 0 bridgehead atoms. The molecule has 0 aliphatic rings. The van der Waals surface area contributed by atoms with Gasteiger partial charge in [-0.3, -0.25) is 0 Å². The Bertz CT molecular complexity index is 596. The van der Waals surface area contributed by atoms with Gasteiger partial charge in [0.05, 0.1) is 6.61 Å². The van der Waals surface area contributed by atoms with Gasteiger partial charge < -0.3 is 15.8 Å². The van der Waals surface area contributed by atoms with E-state index in [1.165, 1.54) is 17.5 Å². The highest BCUT2D eigenvalue weighted by Gasteiger charge is 2.03. The summed E-state index contributed by atoms with van der Waals surface area (Å²) in [6, 6.07) is 12.5. The highest BCUT2D eigenvalue weighted by molar-refractivity contribution is 5.52. The minimum Gasteiger partial charge on any atom is -0.385 e. The number of benzene rings is 1. The summed E-state index contributed by atoms with van der Waals surface area (Å²) >= 11 is 0. The number of nitrogens with one attached hydrogen (secondary N) is 1. The second-order valence-corrected chi connectivity index (χ2v) is 5.68. The molecule has 0 fully saturated rings. The Kier molecular flexibility index (Phi) is 6.88. The normalized spacial score (nSPS) is 10.7. The van der Waals surface area contributed by atoms with Crippen molar-refractivity contribution < 1.29 is 4.74 Å². The van der Waals surface area contributed by atoms with Gasteiger partial charge in [0, 0.05) is 37.0 Å². The maximum atomic E-state index is 5.93. The molecule has 2 rings (SSSR count). The van der Waals surface area contributed by atoms with Gasteiger partial charge in [-0.05, 0) is 30.5 Å². The number of hydrogen-bond donors (Lipinski definition) is 2. The molecule has 2 aromatic rings. The fraction of sp³-hybridized carbons (Fsp3) is 0.421. The largest absolute Gasteiger partial charge is 0.385 e. The van der Waals surface area contributed by atoms with Crippen LogP contribution in [0.4, 0.5) is 11.5 Å². The zero-order chi connectivity index (χ0) is 16.5. The number of nitrogens with zero attached hydrogens (tertiary/aromatic N) is 1. The molecule has 0 aliphatic heterocycles. The van der Waals surface area contributed by atoms with E-state index in [2.05, 4.69) is 47.6 Å². The van der Waals surface area contributed by atoms with Gasteiger partial charge in [0.2, 0.25) is 0 Å². The third-order valence-corrected chi connectivity index (χ3v) is 3.64. The Morgan fingerprint density at radius 2 is 1.83 bits per heavy atom. The molecule has 0 radical (unpaired) electrons. The van der Waals surface area contributed by atoms with Crippen LogP contribution in [-0.4, -0.2) is 18.1 Å². The van der Waals surface area contributed by atoms with E-state index in [4.69, 9.17) is 10.5 Å². The van der Waals surface area contributed by atoms with Crippen LogP contribution < -0.4 is 11.1 Å². The molecule has 1 aromatic carbocycles. The predicted molar refractivity (Wildman–Crippen MR) is 96.6 cm³/mol. The quantitative estimate of drug-likeness (QED) is 0.687. The molecule has 0 atom stereocenters. The van der Waals surface area contributed by atoms with E-state index in [0.717, 1.165) is 37.4 Å². The van der Waals surface area contributed by atoms with E-state index in [0.29, 0.717) is 12.4 Å². The van der Waals surface area contributed by atoms with Crippen LogP contribution in [0, 0.1) is 0 Å². The number of ether oxygens (including phenoxy) is 1. The van der Waals surface area contributed by atoms with Crippen molar-refractivity contribution in [3.63, 3.8) is 0 Å². The van der Waals surface area contributed by atoms with Crippen molar-refractivity contribution in [1.82, 2.24) is 4.98 Å². The number of pyridine rings is 1. The van der Waals surface area contributed by atoms with Crippen LogP contribution in [0.3, 0.4) is 0 Å². The standard InChI is InChI=1S/C19H27N3O/c1-3-5-10-21-17-12-18(22-19(20)13-17)11-15-6-8-16(9-7-15)14-23-4-2/h6-9,12-13H,3-5,10-11,14H2,1-2H3,(H3,20,21,22). The van der Waals surface area contributed by atoms with Crippen LogP contribution in [0.2, 0.25) is 0 Å². The van der Waals surface area contributed by atoms with E-state index < -0.39 is 0 Å². The Labute approximate surface area is 139 Å². The Morgan fingerprint density at radius 1 is 1.09 bits per heavy atom. The molecule has 0 saturated heterocycles. The summed E-state index contributed by atoms with van der Waals surface area (Å²) in [6.45, 7) is 6.56. The van der Waals surface area contributed by atoms with E-state index in [1.54, 1.807) is 0 Å². The number of hydrogen-bond acceptors (Lipinski definition) is 4. The average Bonchev–Trinajstić information content (AvgIpc) is 2.54. The molecule has 4 nitrogen and oxygen atoms in total. The summed E-state index contributed by atoms with van der Waals surface area (Å²) in [7, 11) is 0. The lowest BCUT2D eigenvalue weighted by molar-refractivity contribution is 0.134.